The molecule has 6 heteroatoms. The Bertz CT molecular complexity index is 583. The minimum atomic E-state index is -0.106. The maximum Gasteiger partial charge on any atom is 0.259 e. The highest BCUT2D eigenvalue weighted by molar-refractivity contribution is 5.91. The number of nitrogens with one attached hydrogen (secondary N) is 2. The maximum absolute atomic E-state index is 12.3. The van der Waals surface area contributed by atoms with Gasteiger partial charge >= 0.3 is 0 Å². The first-order valence-electron chi connectivity index (χ1n) is 8.89. The van der Waals surface area contributed by atoms with E-state index in [2.05, 4.69) is 17.6 Å². The topological polar surface area (TPSA) is 70.7 Å². The standard InChI is InChI=1S/C19H29N3O3/c1-14(15-7-9-20-10-8-15)11-18(23)21-16-5-4-6-17(12-16)25-13-19(24)22(2)3/h4-6,12,14-15,20H,7-11,13H2,1-3H3,(H,21,23). The summed E-state index contributed by atoms with van der Waals surface area (Å²) in [6.45, 7) is 4.22. The molecular formula is C19H29N3O3. The Kier molecular flexibility index (Phi) is 7.25. The van der Waals surface area contributed by atoms with Gasteiger partial charge in [0, 0.05) is 32.3 Å². The zero-order valence-corrected chi connectivity index (χ0v) is 15.4. The van der Waals surface area contributed by atoms with Gasteiger partial charge in [-0.1, -0.05) is 13.0 Å². The predicted octanol–water partition coefficient (Wildman–Crippen LogP) is 2.12. The van der Waals surface area contributed by atoms with Crippen LogP contribution in [0.3, 0.4) is 0 Å². The Hall–Kier alpha value is -2.08. The highest BCUT2D eigenvalue weighted by atomic mass is 16.5. The van der Waals surface area contributed by atoms with Crippen LogP contribution in [0.15, 0.2) is 24.3 Å². The number of carbonyl (C=O) groups is 2. The molecule has 0 saturated carbocycles. The molecule has 0 bridgehead atoms. The van der Waals surface area contributed by atoms with Gasteiger partial charge in [0.05, 0.1) is 0 Å². The maximum atomic E-state index is 12.3. The van der Waals surface area contributed by atoms with Crippen LogP contribution in [0.25, 0.3) is 0 Å². The third kappa shape index (κ3) is 6.38. The van der Waals surface area contributed by atoms with Gasteiger partial charge in [0.15, 0.2) is 6.61 Å². The number of likely N-dealkylation sites (N-methyl/N-ethyl adjacent to an activating group) is 1. The molecule has 1 aromatic rings. The van der Waals surface area contributed by atoms with Crippen molar-refractivity contribution in [1.29, 1.82) is 0 Å². The molecule has 1 aliphatic rings. The first-order chi connectivity index (χ1) is 12.0. The number of hydrogen-bond donors (Lipinski definition) is 2. The molecular weight excluding hydrogens is 318 g/mol. The summed E-state index contributed by atoms with van der Waals surface area (Å²) in [6.07, 6.45) is 2.80. The quantitative estimate of drug-likeness (QED) is 0.793. The van der Waals surface area contributed by atoms with Crippen LogP contribution in [0.5, 0.6) is 5.75 Å². The molecule has 0 aromatic heterocycles. The van der Waals surface area contributed by atoms with Crippen molar-refractivity contribution in [2.75, 3.05) is 39.1 Å². The van der Waals surface area contributed by atoms with E-state index < -0.39 is 0 Å². The minimum absolute atomic E-state index is 0.0167. The third-order valence-corrected chi connectivity index (χ3v) is 4.67. The van der Waals surface area contributed by atoms with Gasteiger partial charge in [-0.15, -0.1) is 0 Å². The molecule has 1 aliphatic heterocycles. The van der Waals surface area contributed by atoms with Gasteiger partial charge in [-0.3, -0.25) is 9.59 Å². The summed E-state index contributed by atoms with van der Waals surface area (Å²) in [5.74, 6) is 1.47. The average Bonchev–Trinajstić information content (AvgIpc) is 2.60. The largest absolute Gasteiger partial charge is 0.484 e. The van der Waals surface area contributed by atoms with Gasteiger partial charge < -0.3 is 20.3 Å². The second-order valence-corrected chi connectivity index (χ2v) is 6.92. The molecule has 6 nitrogen and oxygen atoms in total. The van der Waals surface area contributed by atoms with Crippen LogP contribution in [-0.2, 0) is 9.59 Å². The van der Waals surface area contributed by atoms with Gasteiger partial charge in [-0.05, 0) is 49.9 Å². The Morgan fingerprint density at radius 3 is 2.72 bits per heavy atom. The molecule has 2 rings (SSSR count). The van der Waals surface area contributed by atoms with E-state index in [1.54, 1.807) is 32.3 Å². The van der Waals surface area contributed by atoms with E-state index >= 15 is 0 Å². The number of benzene rings is 1. The number of carbonyl (C=O) groups excluding carboxylic acids is 2. The Labute approximate surface area is 149 Å². The van der Waals surface area contributed by atoms with E-state index in [0.29, 0.717) is 29.7 Å². The summed E-state index contributed by atoms with van der Waals surface area (Å²) >= 11 is 0. The molecule has 1 aromatic carbocycles. The molecule has 1 unspecified atom stereocenters. The normalized spacial score (nSPS) is 16.1. The molecule has 138 valence electrons. The predicted molar refractivity (Wildman–Crippen MR) is 98.6 cm³/mol. The van der Waals surface area contributed by atoms with Gasteiger partial charge in [-0.25, -0.2) is 0 Å². The fraction of sp³-hybridized carbons (Fsp3) is 0.579. The van der Waals surface area contributed by atoms with Crippen molar-refractivity contribution < 1.29 is 14.3 Å². The fourth-order valence-electron chi connectivity index (χ4n) is 3.02. The van der Waals surface area contributed by atoms with Crippen LogP contribution in [0, 0.1) is 11.8 Å². The Balaban J connectivity index is 1.83. The molecule has 25 heavy (non-hydrogen) atoms. The SMILES string of the molecule is CC(CC(=O)Nc1cccc(OCC(=O)N(C)C)c1)C1CCNCC1. The van der Waals surface area contributed by atoms with Crippen LogP contribution in [0.2, 0.25) is 0 Å². The number of piperidine rings is 1. The molecule has 0 radical (unpaired) electrons. The number of ether oxygens (including phenoxy) is 1. The first-order valence-corrected chi connectivity index (χ1v) is 8.89. The van der Waals surface area contributed by atoms with Crippen molar-refractivity contribution >= 4 is 17.5 Å². The fourth-order valence-corrected chi connectivity index (χ4v) is 3.02. The molecule has 2 N–H and O–H groups in total. The summed E-state index contributed by atoms with van der Waals surface area (Å²) in [6, 6.07) is 7.15. The highest BCUT2D eigenvalue weighted by Gasteiger charge is 2.22. The van der Waals surface area contributed by atoms with E-state index in [1.807, 2.05) is 6.07 Å². The van der Waals surface area contributed by atoms with E-state index in [1.165, 1.54) is 4.90 Å². The second kappa shape index (κ2) is 9.42. The number of nitrogens with zero attached hydrogens (tertiary/aromatic N) is 1. The van der Waals surface area contributed by atoms with Crippen LogP contribution in [0.4, 0.5) is 5.69 Å². The summed E-state index contributed by atoms with van der Waals surface area (Å²) < 4.78 is 5.48. The Morgan fingerprint density at radius 2 is 2.04 bits per heavy atom. The molecule has 1 saturated heterocycles. The van der Waals surface area contributed by atoms with E-state index in [0.717, 1.165) is 25.9 Å². The second-order valence-electron chi connectivity index (χ2n) is 6.92. The van der Waals surface area contributed by atoms with E-state index in [4.69, 9.17) is 4.74 Å². The minimum Gasteiger partial charge on any atom is -0.484 e. The summed E-state index contributed by atoms with van der Waals surface area (Å²) in [5, 5.41) is 6.29. The molecule has 0 spiro atoms. The number of hydrogen-bond acceptors (Lipinski definition) is 4. The summed E-state index contributed by atoms with van der Waals surface area (Å²) in [5.41, 5.74) is 0.692. The summed E-state index contributed by atoms with van der Waals surface area (Å²) in [4.78, 5) is 25.4. The zero-order valence-electron chi connectivity index (χ0n) is 15.4. The Morgan fingerprint density at radius 1 is 1.32 bits per heavy atom. The molecule has 1 fully saturated rings. The van der Waals surface area contributed by atoms with Crippen molar-refractivity contribution in [1.82, 2.24) is 10.2 Å². The van der Waals surface area contributed by atoms with Crippen molar-refractivity contribution in [3.05, 3.63) is 24.3 Å². The summed E-state index contributed by atoms with van der Waals surface area (Å²) in [7, 11) is 3.37. The van der Waals surface area contributed by atoms with Crippen molar-refractivity contribution in [2.24, 2.45) is 11.8 Å². The lowest BCUT2D eigenvalue weighted by atomic mass is 9.84. The molecule has 1 heterocycles. The number of anilines is 1. The van der Waals surface area contributed by atoms with Crippen molar-refractivity contribution in [3.63, 3.8) is 0 Å². The van der Waals surface area contributed by atoms with Gasteiger partial charge in [-0.2, -0.15) is 0 Å². The van der Waals surface area contributed by atoms with Gasteiger partial charge in [0.25, 0.3) is 5.91 Å². The van der Waals surface area contributed by atoms with Gasteiger partial charge in [0.2, 0.25) is 5.91 Å². The monoisotopic (exact) mass is 347 g/mol. The third-order valence-electron chi connectivity index (χ3n) is 4.67. The van der Waals surface area contributed by atoms with E-state index in [-0.39, 0.29) is 18.4 Å². The van der Waals surface area contributed by atoms with E-state index in [9.17, 15) is 9.59 Å². The lowest BCUT2D eigenvalue weighted by molar-refractivity contribution is -0.130. The van der Waals surface area contributed by atoms with Gasteiger partial charge in [0.1, 0.15) is 5.75 Å². The smallest absolute Gasteiger partial charge is 0.259 e. The zero-order chi connectivity index (χ0) is 18.2. The number of rotatable bonds is 7. The lowest BCUT2D eigenvalue weighted by Gasteiger charge is -2.27. The first kappa shape index (κ1) is 19.2. The van der Waals surface area contributed by atoms with Crippen LogP contribution < -0.4 is 15.4 Å². The molecule has 2 amide bonds. The average molecular weight is 347 g/mol. The lowest BCUT2D eigenvalue weighted by Crippen LogP contribution is -2.32. The van der Waals surface area contributed by atoms with Crippen LogP contribution in [0.1, 0.15) is 26.2 Å². The molecule has 0 aliphatic carbocycles. The van der Waals surface area contributed by atoms with Crippen LogP contribution >= 0.6 is 0 Å². The van der Waals surface area contributed by atoms with Crippen molar-refractivity contribution in [3.8, 4) is 5.75 Å². The van der Waals surface area contributed by atoms with Crippen LogP contribution in [-0.4, -0.2) is 50.5 Å². The molecule has 1 atom stereocenters. The number of amides is 2. The van der Waals surface area contributed by atoms with Crippen molar-refractivity contribution in [2.45, 2.75) is 26.2 Å². The highest BCUT2D eigenvalue weighted by Crippen LogP contribution is 2.25.